The Morgan fingerprint density at radius 1 is 1.17 bits per heavy atom. The molecule has 0 aliphatic rings. The summed E-state index contributed by atoms with van der Waals surface area (Å²) in [4.78, 5) is 26.6. The maximum Gasteiger partial charge on any atom is 0.273 e. The summed E-state index contributed by atoms with van der Waals surface area (Å²) >= 11 is 0. The fourth-order valence-corrected chi connectivity index (χ4v) is 2.35. The number of nitrogens with one attached hydrogen (secondary N) is 1. The third kappa shape index (κ3) is 3.46. The van der Waals surface area contributed by atoms with Crippen LogP contribution >= 0.6 is 0 Å². The molecule has 3 aromatic rings. The lowest BCUT2D eigenvalue weighted by atomic mass is 10.1. The van der Waals surface area contributed by atoms with E-state index >= 15 is 0 Å². The maximum atomic E-state index is 12.1. The van der Waals surface area contributed by atoms with Crippen molar-refractivity contribution in [2.45, 2.75) is 6.42 Å². The molecule has 0 spiro atoms. The molecule has 1 amide bonds. The average molecular weight is 322 g/mol. The average Bonchev–Trinajstić information content (AvgIpc) is 3.10. The number of nitro benzene ring substituents is 1. The fraction of sp³-hybridized carbons (Fsp3) is 0.0588. The number of aromatic nitrogens is 2. The highest BCUT2D eigenvalue weighted by molar-refractivity contribution is 5.92. The van der Waals surface area contributed by atoms with Gasteiger partial charge in [0.1, 0.15) is 0 Å². The highest BCUT2D eigenvalue weighted by atomic mass is 16.6. The largest absolute Gasteiger partial charge is 0.326 e. The first-order valence-corrected chi connectivity index (χ1v) is 7.24. The molecule has 0 aliphatic carbocycles. The Bertz CT molecular complexity index is 858. The van der Waals surface area contributed by atoms with Gasteiger partial charge in [-0.25, -0.2) is 4.98 Å². The number of amides is 1. The predicted molar refractivity (Wildman–Crippen MR) is 89.0 cm³/mol. The lowest BCUT2D eigenvalue weighted by Crippen LogP contribution is -2.15. The number of nitrogens with zero attached hydrogens (tertiary/aromatic N) is 3. The molecule has 24 heavy (non-hydrogen) atoms. The molecule has 7 heteroatoms. The van der Waals surface area contributed by atoms with E-state index in [4.69, 9.17) is 0 Å². The third-order valence-corrected chi connectivity index (χ3v) is 3.49. The molecule has 0 aliphatic heterocycles. The molecule has 0 bridgehead atoms. The van der Waals surface area contributed by atoms with Crippen LogP contribution in [-0.2, 0) is 11.2 Å². The summed E-state index contributed by atoms with van der Waals surface area (Å²) in [5.41, 5.74) is 1.88. The molecule has 0 saturated heterocycles. The van der Waals surface area contributed by atoms with E-state index in [-0.39, 0.29) is 18.0 Å². The van der Waals surface area contributed by atoms with Crippen LogP contribution in [0, 0.1) is 10.1 Å². The van der Waals surface area contributed by atoms with Crippen molar-refractivity contribution in [3.63, 3.8) is 0 Å². The summed E-state index contributed by atoms with van der Waals surface area (Å²) in [5.74, 6) is -0.306. The Kier molecular flexibility index (Phi) is 4.33. The topological polar surface area (TPSA) is 90.1 Å². The van der Waals surface area contributed by atoms with Crippen molar-refractivity contribution in [1.82, 2.24) is 9.55 Å². The summed E-state index contributed by atoms with van der Waals surface area (Å²) in [7, 11) is 0. The minimum absolute atomic E-state index is 0.0527. The lowest BCUT2D eigenvalue weighted by Gasteiger charge is -2.07. The van der Waals surface area contributed by atoms with Crippen LogP contribution in [0.25, 0.3) is 5.69 Å². The van der Waals surface area contributed by atoms with Gasteiger partial charge in [0.15, 0.2) is 0 Å². The van der Waals surface area contributed by atoms with Crippen molar-refractivity contribution in [3.8, 4) is 5.69 Å². The number of benzene rings is 2. The Morgan fingerprint density at radius 2 is 1.92 bits per heavy atom. The summed E-state index contributed by atoms with van der Waals surface area (Å²) in [6.45, 7) is 0. The zero-order valence-electron chi connectivity index (χ0n) is 12.6. The van der Waals surface area contributed by atoms with Crippen molar-refractivity contribution in [3.05, 3.63) is 82.9 Å². The lowest BCUT2D eigenvalue weighted by molar-refractivity contribution is -0.385. The second-order valence-corrected chi connectivity index (χ2v) is 5.13. The molecular weight excluding hydrogens is 308 g/mol. The second-order valence-electron chi connectivity index (χ2n) is 5.13. The van der Waals surface area contributed by atoms with Crippen LogP contribution in [0.3, 0.4) is 0 Å². The van der Waals surface area contributed by atoms with Crippen molar-refractivity contribution in [2.24, 2.45) is 0 Å². The van der Waals surface area contributed by atoms with E-state index in [1.807, 2.05) is 22.9 Å². The Hall–Kier alpha value is -3.48. The van der Waals surface area contributed by atoms with Gasteiger partial charge >= 0.3 is 0 Å². The molecule has 1 heterocycles. The van der Waals surface area contributed by atoms with E-state index in [2.05, 4.69) is 10.3 Å². The van der Waals surface area contributed by atoms with E-state index in [1.54, 1.807) is 42.9 Å². The molecule has 0 radical (unpaired) electrons. The highest BCUT2D eigenvalue weighted by Crippen LogP contribution is 2.19. The first kappa shape index (κ1) is 15.4. The number of carbonyl (C=O) groups excluding carboxylic acids is 1. The standard InChI is InChI=1S/C17H14N4O3/c22-17(11-13-3-1-2-4-16(13)21(23)24)19-14-5-7-15(8-6-14)20-10-9-18-12-20/h1-10,12H,11H2,(H,19,22). The molecule has 7 nitrogen and oxygen atoms in total. The van der Waals surface area contributed by atoms with Crippen LogP contribution in [0.1, 0.15) is 5.56 Å². The van der Waals surface area contributed by atoms with E-state index in [0.717, 1.165) is 5.69 Å². The van der Waals surface area contributed by atoms with Gasteiger partial charge in [0.2, 0.25) is 5.91 Å². The van der Waals surface area contributed by atoms with Crippen molar-refractivity contribution in [2.75, 3.05) is 5.32 Å². The molecule has 0 atom stereocenters. The first-order chi connectivity index (χ1) is 11.6. The molecule has 1 aromatic heterocycles. The number of rotatable bonds is 5. The summed E-state index contributed by atoms with van der Waals surface area (Å²) < 4.78 is 1.85. The zero-order chi connectivity index (χ0) is 16.9. The number of hydrogen-bond acceptors (Lipinski definition) is 4. The monoisotopic (exact) mass is 322 g/mol. The van der Waals surface area contributed by atoms with Crippen LogP contribution < -0.4 is 5.32 Å². The van der Waals surface area contributed by atoms with Crippen molar-refractivity contribution < 1.29 is 9.72 Å². The molecule has 3 rings (SSSR count). The minimum atomic E-state index is -0.484. The van der Waals surface area contributed by atoms with Crippen LogP contribution in [0.5, 0.6) is 0 Å². The normalized spacial score (nSPS) is 10.3. The Labute approximate surface area is 137 Å². The molecule has 0 unspecified atom stereocenters. The minimum Gasteiger partial charge on any atom is -0.326 e. The van der Waals surface area contributed by atoms with Crippen molar-refractivity contribution >= 4 is 17.3 Å². The van der Waals surface area contributed by atoms with E-state index in [0.29, 0.717) is 11.3 Å². The highest BCUT2D eigenvalue weighted by Gasteiger charge is 2.15. The molecule has 1 N–H and O–H groups in total. The Balaban J connectivity index is 1.68. The van der Waals surface area contributed by atoms with Gasteiger partial charge in [-0.3, -0.25) is 14.9 Å². The number of para-hydroxylation sites is 1. The van der Waals surface area contributed by atoms with Gasteiger partial charge in [0, 0.05) is 35.4 Å². The fourth-order valence-electron chi connectivity index (χ4n) is 2.35. The molecular formula is C17H14N4O3. The van der Waals surface area contributed by atoms with Gasteiger partial charge in [0.05, 0.1) is 17.7 Å². The molecule has 0 fully saturated rings. The van der Waals surface area contributed by atoms with Gasteiger partial charge < -0.3 is 9.88 Å². The van der Waals surface area contributed by atoms with Gasteiger partial charge in [-0.2, -0.15) is 0 Å². The molecule has 2 aromatic carbocycles. The number of nitro groups is 1. The quantitative estimate of drug-likeness (QED) is 0.577. The maximum absolute atomic E-state index is 12.1. The van der Waals surface area contributed by atoms with Crippen LogP contribution in [0.15, 0.2) is 67.3 Å². The van der Waals surface area contributed by atoms with Gasteiger partial charge in [-0.05, 0) is 24.3 Å². The molecule has 120 valence electrons. The number of carbonyl (C=O) groups is 1. The third-order valence-electron chi connectivity index (χ3n) is 3.49. The second kappa shape index (κ2) is 6.74. The van der Waals surface area contributed by atoms with Gasteiger partial charge in [-0.15, -0.1) is 0 Å². The van der Waals surface area contributed by atoms with Crippen LogP contribution in [-0.4, -0.2) is 20.4 Å². The summed E-state index contributed by atoms with van der Waals surface area (Å²) in [6.07, 6.45) is 5.13. The molecule has 0 saturated carbocycles. The van der Waals surface area contributed by atoms with Gasteiger partial charge in [-0.1, -0.05) is 18.2 Å². The SMILES string of the molecule is O=C(Cc1ccccc1[N+](=O)[O-])Nc1ccc(-n2ccnc2)cc1. The van der Waals surface area contributed by atoms with Crippen molar-refractivity contribution in [1.29, 1.82) is 0 Å². The summed E-state index contributed by atoms with van der Waals surface area (Å²) in [6, 6.07) is 13.5. The predicted octanol–water partition coefficient (Wildman–Crippen LogP) is 2.96. The number of imidazole rings is 1. The van der Waals surface area contributed by atoms with E-state index < -0.39 is 4.92 Å². The van der Waals surface area contributed by atoms with E-state index in [9.17, 15) is 14.9 Å². The Morgan fingerprint density at radius 3 is 2.58 bits per heavy atom. The van der Waals surface area contributed by atoms with Crippen LogP contribution in [0.2, 0.25) is 0 Å². The van der Waals surface area contributed by atoms with Gasteiger partial charge in [0.25, 0.3) is 5.69 Å². The van der Waals surface area contributed by atoms with Crippen LogP contribution in [0.4, 0.5) is 11.4 Å². The smallest absolute Gasteiger partial charge is 0.273 e. The number of hydrogen-bond donors (Lipinski definition) is 1. The number of anilines is 1. The van der Waals surface area contributed by atoms with E-state index in [1.165, 1.54) is 6.07 Å². The first-order valence-electron chi connectivity index (χ1n) is 7.24. The summed E-state index contributed by atoms with van der Waals surface area (Å²) in [5, 5.41) is 13.7. The zero-order valence-corrected chi connectivity index (χ0v) is 12.6.